The zero-order chi connectivity index (χ0) is 16.1. The van der Waals surface area contributed by atoms with E-state index in [-0.39, 0.29) is 0 Å². The number of anilines is 2. The van der Waals surface area contributed by atoms with Crippen LogP contribution in [0.15, 0.2) is 47.6 Å². The Bertz CT molecular complexity index is 683. The van der Waals surface area contributed by atoms with E-state index in [1.807, 2.05) is 68.4 Å². The molecule has 0 saturated heterocycles. The van der Waals surface area contributed by atoms with Crippen LogP contribution in [0, 0.1) is 0 Å². The number of halogens is 2. The summed E-state index contributed by atoms with van der Waals surface area (Å²) in [5, 5.41) is 11.1. The lowest BCUT2D eigenvalue weighted by atomic mass is 10.1. The average molecular weight is 336 g/mol. The van der Waals surface area contributed by atoms with Gasteiger partial charge in [-0.25, -0.2) is 0 Å². The van der Waals surface area contributed by atoms with E-state index in [1.165, 1.54) is 0 Å². The molecule has 0 heterocycles. The monoisotopic (exact) mass is 335 g/mol. The van der Waals surface area contributed by atoms with Gasteiger partial charge < -0.3 is 5.32 Å². The maximum absolute atomic E-state index is 6.27. The van der Waals surface area contributed by atoms with Gasteiger partial charge in [-0.2, -0.15) is 5.10 Å². The zero-order valence-electron chi connectivity index (χ0n) is 12.9. The van der Waals surface area contributed by atoms with Crippen molar-refractivity contribution >= 4 is 40.3 Å². The molecule has 0 aliphatic carbocycles. The number of hydrogen-bond acceptors (Lipinski definition) is 3. The highest BCUT2D eigenvalue weighted by molar-refractivity contribution is 6.33. The van der Waals surface area contributed by atoms with Crippen LogP contribution in [0.3, 0.4) is 0 Å². The van der Waals surface area contributed by atoms with Gasteiger partial charge >= 0.3 is 0 Å². The quantitative estimate of drug-likeness (QED) is 0.594. The lowest BCUT2D eigenvalue weighted by Crippen LogP contribution is -2.18. The molecule has 5 heteroatoms. The zero-order valence-corrected chi connectivity index (χ0v) is 14.4. The Morgan fingerprint density at radius 3 is 2.55 bits per heavy atom. The summed E-state index contributed by atoms with van der Waals surface area (Å²) in [6.07, 6.45) is 0. The molecular weight excluding hydrogens is 317 g/mol. The molecule has 0 radical (unpaired) electrons. The Morgan fingerprint density at radius 1 is 1.18 bits per heavy atom. The number of hydrogen-bond donors (Lipinski definition) is 1. The van der Waals surface area contributed by atoms with Gasteiger partial charge in [-0.15, -0.1) is 0 Å². The van der Waals surface area contributed by atoms with Gasteiger partial charge in [0.1, 0.15) is 0 Å². The van der Waals surface area contributed by atoms with Crippen LogP contribution in [-0.4, -0.2) is 19.3 Å². The summed E-state index contributed by atoms with van der Waals surface area (Å²) in [7, 11) is 1.88. The lowest BCUT2D eigenvalue weighted by Gasteiger charge is -2.20. The molecule has 1 N–H and O–H groups in total. The van der Waals surface area contributed by atoms with Crippen molar-refractivity contribution in [1.29, 1.82) is 0 Å². The van der Waals surface area contributed by atoms with Gasteiger partial charge in [0.15, 0.2) is 0 Å². The van der Waals surface area contributed by atoms with Crippen molar-refractivity contribution in [3.63, 3.8) is 0 Å². The molecule has 0 unspecified atom stereocenters. The third kappa shape index (κ3) is 3.73. The number of nitrogens with zero attached hydrogens (tertiary/aromatic N) is 2. The smallest absolute Gasteiger partial charge is 0.0780 e. The van der Waals surface area contributed by atoms with E-state index in [2.05, 4.69) is 5.32 Å². The first-order valence-corrected chi connectivity index (χ1v) is 7.87. The molecule has 0 bridgehead atoms. The second-order valence-electron chi connectivity index (χ2n) is 4.79. The van der Waals surface area contributed by atoms with Crippen molar-refractivity contribution < 1.29 is 0 Å². The highest BCUT2D eigenvalue weighted by Gasteiger charge is 2.10. The lowest BCUT2D eigenvalue weighted by molar-refractivity contribution is 0.892. The van der Waals surface area contributed by atoms with Crippen LogP contribution >= 0.6 is 23.2 Å². The van der Waals surface area contributed by atoms with Gasteiger partial charge in [0.25, 0.3) is 0 Å². The van der Waals surface area contributed by atoms with Crippen molar-refractivity contribution in [2.24, 2.45) is 5.10 Å². The molecule has 0 spiro atoms. The van der Waals surface area contributed by atoms with Gasteiger partial charge in [0, 0.05) is 29.9 Å². The number of para-hydroxylation sites is 1. The predicted molar refractivity (Wildman–Crippen MR) is 97.7 cm³/mol. The maximum Gasteiger partial charge on any atom is 0.0780 e. The summed E-state index contributed by atoms with van der Waals surface area (Å²) in [5.74, 6) is 0. The standard InChI is InChI=1S/C17H19Cl2N3/c1-4-22(17-8-6-5-7-15(17)19)21-12(2)14-11-13(18)9-10-16(14)20-3/h5-11,20H,4H2,1-3H3/b21-12-. The first-order valence-electron chi connectivity index (χ1n) is 7.11. The fraction of sp³-hybridized carbons (Fsp3) is 0.235. The van der Waals surface area contributed by atoms with Crippen molar-refractivity contribution in [3.8, 4) is 0 Å². The first kappa shape index (κ1) is 16.7. The largest absolute Gasteiger partial charge is 0.388 e. The average Bonchev–Trinajstić information content (AvgIpc) is 2.53. The summed E-state index contributed by atoms with van der Waals surface area (Å²) < 4.78 is 0. The molecule has 0 atom stereocenters. The van der Waals surface area contributed by atoms with Crippen LogP contribution in [0.25, 0.3) is 0 Å². The van der Waals surface area contributed by atoms with Crippen LogP contribution in [0.5, 0.6) is 0 Å². The molecule has 0 fully saturated rings. The van der Waals surface area contributed by atoms with E-state index >= 15 is 0 Å². The SMILES string of the molecule is CCN(/N=C(/C)c1cc(Cl)ccc1NC)c1ccccc1Cl. The molecular formula is C17H19Cl2N3. The van der Waals surface area contributed by atoms with Gasteiger partial charge in [-0.05, 0) is 44.2 Å². The molecule has 22 heavy (non-hydrogen) atoms. The van der Waals surface area contributed by atoms with E-state index in [4.69, 9.17) is 28.3 Å². The van der Waals surface area contributed by atoms with Crippen molar-refractivity contribution in [2.45, 2.75) is 13.8 Å². The Hall–Kier alpha value is -1.71. The molecule has 2 rings (SSSR count). The van der Waals surface area contributed by atoms with E-state index in [0.29, 0.717) is 10.0 Å². The fourth-order valence-corrected chi connectivity index (χ4v) is 2.63. The van der Waals surface area contributed by atoms with Crippen LogP contribution in [0.2, 0.25) is 10.0 Å². The summed E-state index contributed by atoms with van der Waals surface area (Å²) in [6, 6.07) is 13.4. The molecule has 2 aromatic carbocycles. The Morgan fingerprint density at radius 2 is 1.91 bits per heavy atom. The Labute approximate surface area is 141 Å². The molecule has 0 aliphatic rings. The maximum atomic E-state index is 6.27. The Balaban J connectivity index is 2.42. The van der Waals surface area contributed by atoms with E-state index in [1.54, 1.807) is 0 Å². The minimum absolute atomic E-state index is 0.681. The van der Waals surface area contributed by atoms with E-state index < -0.39 is 0 Å². The molecule has 0 amide bonds. The third-order valence-electron chi connectivity index (χ3n) is 3.34. The highest BCUT2D eigenvalue weighted by Crippen LogP contribution is 2.27. The minimum atomic E-state index is 0.681. The second kappa shape index (κ2) is 7.52. The van der Waals surface area contributed by atoms with Crippen LogP contribution < -0.4 is 10.3 Å². The minimum Gasteiger partial charge on any atom is -0.388 e. The number of rotatable bonds is 5. The van der Waals surface area contributed by atoms with Crippen LogP contribution in [0.4, 0.5) is 11.4 Å². The molecule has 116 valence electrons. The fourth-order valence-electron chi connectivity index (χ4n) is 2.22. The van der Waals surface area contributed by atoms with Gasteiger partial charge in [-0.1, -0.05) is 35.3 Å². The molecule has 0 aromatic heterocycles. The first-order chi connectivity index (χ1) is 10.6. The number of benzene rings is 2. The Kier molecular flexibility index (Phi) is 5.69. The van der Waals surface area contributed by atoms with Crippen molar-refractivity contribution in [3.05, 3.63) is 58.1 Å². The van der Waals surface area contributed by atoms with E-state index in [0.717, 1.165) is 29.2 Å². The molecule has 0 saturated carbocycles. The molecule has 0 aliphatic heterocycles. The molecule has 2 aromatic rings. The predicted octanol–water partition coefficient (Wildman–Crippen LogP) is 5.29. The third-order valence-corrected chi connectivity index (χ3v) is 3.90. The van der Waals surface area contributed by atoms with Gasteiger partial charge in [0.05, 0.1) is 16.4 Å². The number of hydrazone groups is 1. The van der Waals surface area contributed by atoms with Gasteiger partial charge in [-0.3, -0.25) is 5.01 Å². The van der Waals surface area contributed by atoms with Crippen molar-refractivity contribution in [1.82, 2.24) is 0 Å². The van der Waals surface area contributed by atoms with Crippen LogP contribution in [-0.2, 0) is 0 Å². The highest BCUT2D eigenvalue weighted by atomic mass is 35.5. The number of nitrogens with one attached hydrogen (secondary N) is 1. The summed E-state index contributed by atoms with van der Waals surface area (Å²) in [5.41, 5.74) is 3.72. The summed E-state index contributed by atoms with van der Waals surface area (Å²) in [6.45, 7) is 4.72. The summed E-state index contributed by atoms with van der Waals surface area (Å²) >= 11 is 12.4. The van der Waals surface area contributed by atoms with E-state index in [9.17, 15) is 0 Å². The van der Waals surface area contributed by atoms with Crippen LogP contribution in [0.1, 0.15) is 19.4 Å². The van der Waals surface area contributed by atoms with Crippen molar-refractivity contribution in [2.75, 3.05) is 23.9 Å². The normalized spacial score (nSPS) is 11.4. The van der Waals surface area contributed by atoms with Gasteiger partial charge in [0.2, 0.25) is 0 Å². The topological polar surface area (TPSA) is 27.6 Å². The second-order valence-corrected chi connectivity index (χ2v) is 5.64. The summed E-state index contributed by atoms with van der Waals surface area (Å²) in [4.78, 5) is 0. The molecule has 3 nitrogen and oxygen atoms in total.